The zero-order valence-electron chi connectivity index (χ0n) is 14.2. The number of nitrogens with zero attached hydrogens (tertiary/aromatic N) is 5. The second-order valence-corrected chi connectivity index (χ2v) is 7.32. The van der Waals surface area contributed by atoms with Gasteiger partial charge in [-0.1, -0.05) is 11.8 Å². The maximum atomic E-state index is 12.9. The summed E-state index contributed by atoms with van der Waals surface area (Å²) in [4.78, 5) is 21.5. The summed E-state index contributed by atoms with van der Waals surface area (Å²) in [6, 6.07) is 1.90. The molecule has 134 valence electrons. The van der Waals surface area contributed by atoms with Crippen molar-refractivity contribution < 1.29 is 9.53 Å². The van der Waals surface area contributed by atoms with Crippen molar-refractivity contribution in [2.45, 2.75) is 31.9 Å². The Balaban J connectivity index is 1.37. The molecule has 8 heteroatoms. The van der Waals surface area contributed by atoms with Crippen molar-refractivity contribution in [2.24, 2.45) is 4.99 Å². The van der Waals surface area contributed by atoms with Crippen molar-refractivity contribution in [3.05, 3.63) is 29.6 Å². The molecule has 0 N–H and O–H groups in total. The number of amides is 1. The number of aliphatic imine (C=N–C) groups is 1. The maximum Gasteiger partial charge on any atom is 0.228 e. The average molecular weight is 361 g/mol. The second-order valence-electron chi connectivity index (χ2n) is 6.49. The van der Waals surface area contributed by atoms with Crippen molar-refractivity contribution in [3.8, 4) is 0 Å². The van der Waals surface area contributed by atoms with Gasteiger partial charge in [0.15, 0.2) is 5.17 Å². The Morgan fingerprint density at radius 3 is 3.20 bits per heavy atom. The van der Waals surface area contributed by atoms with Crippen molar-refractivity contribution in [1.29, 1.82) is 0 Å². The van der Waals surface area contributed by atoms with Gasteiger partial charge in [0.25, 0.3) is 0 Å². The average Bonchev–Trinajstić information content (AvgIpc) is 3.21. The van der Waals surface area contributed by atoms with Crippen LogP contribution in [0.5, 0.6) is 0 Å². The summed E-state index contributed by atoms with van der Waals surface area (Å²) in [6.45, 7) is 4.62. The molecular formula is C17H23N5O2S. The van der Waals surface area contributed by atoms with E-state index in [0.717, 1.165) is 43.3 Å². The molecule has 0 aliphatic carbocycles. The van der Waals surface area contributed by atoms with Crippen LogP contribution in [0.3, 0.4) is 0 Å². The summed E-state index contributed by atoms with van der Waals surface area (Å²) in [6.07, 6.45) is 6.07. The Bertz CT molecular complexity index is 673. The molecule has 0 saturated carbocycles. The van der Waals surface area contributed by atoms with E-state index in [-0.39, 0.29) is 12.0 Å². The Morgan fingerprint density at radius 2 is 2.32 bits per heavy atom. The molecule has 4 rings (SSSR count). The van der Waals surface area contributed by atoms with E-state index in [0.29, 0.717) is 26.1 Å². The Labute approximate surface area is 151 Å². The molecule has 1 aromatic heterocycles. The van der Waals surface area contributed by atoms with Crippen LogP contribution >= 0.6 is 11.8 Å². The van der Waals surface area contributed by atoms with Crippen LogP contribution < -0.4 is 0 Å². The van der Waals surface area contributed by atoms with Gasteiger partial charge in [-0.05, 0) is 24.3 Å². The van der Waals surface area contributed by atoms with E-state index in [9.17, 15) is 4.79 Å². The molecule has 1 amide bonds. The highest BCUT2D eigenvalue weighted by atomic mass is 32.2. The number of carbonyl (C=O) groups is 1. The molecule has 3 aliphatic heterocycles. The molecule has 0 aromatic carbocycles. The molecule has 4 heterocycles. The monoisotopic (exact) mass is 361 g/mol. The van der Waals surface area contributed by atoms with E-state index in [1.165, 1.54) is 0 Å². The predicted octanol–water partition coefficient (Wildman–Crippen LogP) is 1.54. The number of ether oxygens (including phenoxy) is 1. The summed E-state index contributed by atoms with van der Waals surface area (Å²) in [5.74, 6) is 0.176. The van der Waals surface area contributed by atoms with Crippen molar-refractivity contribution in [2.75, 3.05) is 32.8 Å². The minimum atomic E-state index is -0.00890. The molecule has 0 unspecified atom stereocenters. The van der Waals surface area contributed by atoms with Crippen LogP contribution in [0.25, 0.3) is 0 Å². The van der Waals surface area contributed by atoms with Gasteiger partial charge in [0.2, 0.25) is 5.91 Å². The van der Waals surface area contributed by atoms with Crippen LogP contribution in [-0.2, 0) is 16.1 Å². The van der Waals surface area contributed by atoms with Gasteiger partial charge in [-0.15, -0.1) is 0 Å². The minimum Gasteiger partial charge on any atom is -0.374 e. The minimum absolute atomic E-state index is 0.00890. The first-order valence-corrected chi connectivity index (χ1v) is 9.72. The predicted molar refractivity (Wildman–Crippen MR) is 97.1 cm³/mol. The smallest absolute Gasteiger partial charge is 0.228 e. The molecule has 0 spiro atoms. The molecular weight excluding hydrogens is 338 g/mol. The molecule has 1 aromatic rings. The number of rotatable bonds is 4. The molecule has 1 saturated heterocycles. The first-order valence-electron chi connectivity index (χ1n) is 8.84. The van der Waals surface area contributed by atoms with Gasteiger partial charge in [-0.25, -0.2) is 0 Å². The molecule has 3 aliphatic rings. The largest absolute Gasteiger partial charge is 0.374 e. The van der Waals surface area contributed by atoms with Crippen LogP contribution in [0, 0.1) is 0 Å². The molecule has 0 radical (unpaired) electrons. The third-order valence-electron chi connectivity index (χ3n) is 4.65. The Hall–Kier alpha value is -1.80. The highest BCUT2D eigenvalue weighted by molar-refractivity contribution is 8.16. The fraction of sp³-hybridized carbons (Fsp3) is 0.588. The van der Waals surface area contributed by atoms with Crippen LogP contribution in [-0.4, -0.2) is 69.5 Å². The van der Waals surface area contributed by atoms with Crippen molar-refractivity contribution in [3.63, 3.8) is 0 Å². The van der Waals surface area contributed by atoms with E-state index in [1.807, 2.05) is 21.8 Å². The van der Waals surface area contributed by atoms with Gasteiger partial charge in [0.05, 0.1) is 19.1 Å². The lowest BCUT2D eigenvalue weighted by Gasteiger charge is -2.28. The summed E-state index contributed by atoms with van der Waals surface area (Å²) < 4.78 is 7.78. The second kappa shape index (κ2) is 7.61. The van der Waals surface area contributed by atoms with Crippen LogP contribution in [0.4, 0.5) is 0 Å². The van der Waals surface area contributed by atoms with Gasteiger partial charge in [0.1, 0.15) is 0 Å². The molecule has 1 fully saturated rings. The van der Waals surface area contributed by atoms with E-state index in [4.69, 9.17) is 4.74 Å². The van der Waals surface area contributed by atoms with E-state index >= 15 is 0 Å². The number of aromatic nitrogens is 2. The Kier molecular flexibility index (Phi) is 5.07. The van der Waals surface area contributed by atoms with Crippen LogP contribution in [0.2, 0.25) is 0 Å². The SMILES string of the molecule is O=C(CC1=CSC2=NCCCN12)N1CCCO[C@@H](Cn2cccn2)C1. The molecule has 0 bridgehead atoms. The Morgan fingerprint density at radius 1 is 1.36 bits per heavy atom. The fourth-order valence-electron chi connectivity index (χ4n) is 3.39. The number of hydrogen-bond donors (Lipinski definition) is 0. The van der Waals surface area contributed by atoms with Crippen LogP contribution in [0.15, 0.2) is 34.6 Å². The van der Waals surface area contributed by atoms with E-state index in [1.54, 1.807) is 18.0 Å². The third kappa shape index (κ3) is 3.90. The highest BCUT2D eigenvalue weighted by Gasteiger charge is 2.29. The van der Waals surface area contributed by atoms with Crippen molar-refractivity contribution >= 4 is 22.8 Å². The lowest BCUT2D eigenvalue weighted by Crippen LogP contribution is -2.40. The van der Waals surface area contributed by atoms with Crippen LogP contribution in [0.1, 0.15) is 19.3 Å². The first kappa shape index (κ1) is 16.7. The molecule has 1 atom stereocenters. The lowest BCUT2D eigenvalue weighted by atomic mass is 10.2. The maximum absolute atomic E-state index is 12.9. The lowest BCUT2D eigenvalue weighted by molar-refractivity contribution is -0.131. The quantitative estimate of drug-likeness (QED) is 0.814. The highest BCUT2D eigenvalue weighted by Crippen LogP contribution is 2.31. The summed E-state index contributed by atoms with van der Waals surface area (Å²) in [5.41, 5.74) is 1.09. The molecule has 7 nitrogen and oxygen atoms in total. The van der Waals surface area contributed by atoms with Gasteiger partial charge < -0.3 is 14.5 Å². The summed E-state index contributed by atoms with van der Waals surface area (Å²) in [5, 5.41) is 7.37. The zero-order chi connectivity index (χ0) is 17.1. The number of thioether (sulfide) groups is 1. The fourth-order valence-corrected chi connectivity index (χ4v) is 4.34. The molecule has 25 heavy (non-hydrogen) atoms. The van der Waals surface area contributed by atoms with Crippen molar-refractivity contribution in [1.82, 2.24) is 19.6 Å². The number of carbonyl (C=O) groups excluding carboxylic acids is 1. The topological polar surface area (TPSA) is 63.0 Å². The van der Waals surface area contributed by atoms with E-state index in [2.05, 4.69) is 20.4 Å². The number of amidine groups is 1. The van der Waals surface area contributed by atoms with Gasteiger partial charge in [-0.2, -0.15) is 5.10 Å². The van der Waals surface area contributed by atoms with E-state index < -0.39 is 0 Å². The standard InChI is InChI=1S/C17H23N5O2S/c23-16(10-14-13-25-17-18-4-1-8-22(14)17)20-6-3-9-24-15(11-20)12-21-7-2-5-19-21/h2,5,7,13,15H,1,3-4,6,8-12H2/t15-/m1/s1. The third-order valence-corrected chi connectivity index (χ3v) is 5.60. The van der Waals surface area contributed by atoms with Gasteiger partial charge >= 0.3 is 0 Å². The number of fused-ring (bicyclic) bond motifs is 1. The normalized spacial score (nSPS) is 23.8. The summed E-state index contributed by atoms with van der Waals surface area (Å²) >= 11 is 1.64. The van der Waals surface area contributed by atoms with Gasteiger partial charge in [0, 0.05) is 50.9 Å². The summed E-state index contributed by atoms with van der Waals surface area (Å²) in [7, 11) is 0. The number of hydrogen-bond acceptors (Lipinski definition) is 6. The zero-order valence-corrected chi connectivity index (χ0v) is 15.0. The first-order chi connectivity index (χ1) is 12.3. The van der Waals surface area contributed by atoms with Gasteiger partial charge in [-0.3, -0.25) is 14.5 Å².